The van der Waals surface area contributed by atoms with Gasteiger partial charge in [-0.2, -0.15) is 23.7 Å². The minimum atomic E-state index is -4.84. The minimum absolute atomic E-state index is 0.0246. The van der Waals surface area contributed by atoms with E-state index in [0.717, 1.165) is 43.9 Å². The molecule has 0 radical (unpaired) electrons. The minimum Gasteiger partial charge on any atom is -0.339 e. The van der Waals surface area contributed by atoms with Crippen molar-refractivity contribution in [3.8, 4) is 23.3 Å². The van der Waals surface area contributed by atoms with Gasteiger partial charge in [0.05, 0.1) is 23.7 Å². The van der Waals surface area contributed by atoms with E-state index in [9.17, 15) is 32.0 Å². The Morgan fingerprint density at radius 3 is 2.05 bits per heavy atom. The first-order valence-corrected chi connectivity index (χ1v) is 13.9. The molecule has 1 saturated carbocycles. The monoisotopic (exact) mass is 594 g/mol. The van der Waals surface area contributed by atoms with Crippen LogP contribution in [0.15, 0.2) is 66.7 Å². The largest absolute Gasteiger partial charge is 0.407 e. The lowest BCUT2D eigenvalue weighted by atomic mass is 9.95. The van der Waals surface area contributed by atoms with Crippen molar-refractivity contribution in [2.24, 2.45) is 0 Å². The van der Waals surface area contributed by atoms with E-state index in [-0.39, 0.29) is 23.1 Å². The Morgan fingerprint density at radius 1 is 0.953 bits per heavy atom. The van der Waals surface area contributed by atoms with Crippen molar-refractivity contribution >= 4 is 5.91 Å². The number of halogens is 5. The molecular weight excluding hydrogens is 563 g/mol. The molecule has 10 heteroatoms. The molecule has 0 saturated heterocycles. The van der Waals surface area contributed by atoms with Crippen LogP contribution >= 0.6 is 0 Å². The van der Waals surface area contributed by atoms with Crippen molar-refractivity contribution < 1.29 is 26.7 Å². The van der Waals surface area contributed by atoms with E-state index in [0.29, 0.717) is 5.92 Å². The van der Waals surface area contributed by atoms with E-state index in [4.69, 9.17) is 5.26 Å². The van der Waals surface area contributed by atoms with Gasteiger partial charge in [0.2, 0.25) is 5.91 Å². The van der Waals surface area contributed by atoms with Crippen molar-refractivity contribution in [3.05, 3.63) is 94.8 Å². The summed E-state index contributed by atoms with van der Waals surface area (Å²) in [6, 6.07) is 15.5. The predicted molar refractivity (Wildman–Crippen MR) is 152 cm³/mol. The van der Waals surface area contributed by atoms with E-state index in [1.54, 1.807) is 24.3 Å². The number of nitrogens with one attached hydrogen (secondary N) is 2. The summed E-state index contributed by atoms with van der Waals surface area (Å²) in [5, 5.41) is 23.1. The fourth-order valence-corrected chi connectivity index (χ4v) is 4.93. The van der Waals surface area contributed by atoms with Gasteiger partial charge in [-0.15, -0.1) is 0 Å². The highest BCUT2D eigenvalue weighted by Gasteiger charge is 2.44. The third-order valence-corrected chi connectivity index (χ3v) is 7.32. The maximum absolute atomic E-state index is 14.7. The molecular formula is C33H31F5N4O. The van der Waals surface area contributed by atoms with Crippen molar-refractivity contribution in [2.45, 2.75) is 75.4 Å². The van der Waals surface area contributed by atoms with Crippen LogP contribution in [0.5, 0.6) is 0 Å². The SMILES string of the molecule is CC(C)(F)C[C@H](N[C@@H](c1ccc(-c2ccc(C3CC3)cc2)cc1)C(F)(F)F)C(=O)N[C@H](C#N)Cc1ccc(C#N)cc1F. The van der Waals surface area contributed by atoms with Gasteiger partial charge in [0.15, 0.2) is 0 Å². The number of alkyl halides is 4. The second-order valence-electron chi connectivity index (χ2n) is 11.4. The summed E-state index contributed by atoms with van der Waals surface area (Å²) in [7, 11) is 0. The van der Waals surface area contributed by atoms with Gasteiger partial charge in [-0.1, -0.05) is 54.6 Å². The van der Waals surface area contributed by atoms with Crippen molar-refractivity contribution in [1.29, 1.82) is 10.5 Å². The van der Waals surface area contributed by atoms with Gasteiger partial charge in [0.25, 0.3) is 0 Å². The molecule has 3 aromatic rings. The zero-order valence-corrected chi connectivity index (χ0v) is 23.7. The van der Waals surface area contributed by atoms with E-state index in [2.05, 4.69) is 10.6 Å². The number of hydrogen-bond acceptors (Lipinski definition) is 4. The van der Waals surface area contributed by atoms with E-state index in [1.807, 2.05) is 24.3 Å². The Morgan fingerprint density at radius 2 is 1.56 bits per heavy atom. The van der Waals surface area contributed by atoms with Gasteiger partial charge in [0, 0.05) is 12.8 Å². The lowest BCUT2D eigenvalue weighted by molar-refractivity contribution is -0.161. The van der Waals surface area contributed by atoms with Gasteiger partial charge in [-0.3, -0.25) is 10.1 Å². The maximum atomic E-state index is 14.7. The number of amides is 1. The highest BCUT2D eigenvalue weighted by atomic mass is 19.4. The molecule has 0 unspecified atom stereocenters. The van der Waals surface area contributed by atoms with Crippen LogP contribution in [0.2, 0.25) is 0 Å². The Balaban J connectivity index is 1.53. The van der Waals surface area contributed by atoms with Crippen LogP contribution in [-0.2, 0) is 11.2 Å². The first-order valence-electron chi connectivity index (χ1n) is 13.9. The van der Waals surface area contributed by atoms with Crippen molar-refractivity contribution in [2.75, 3.05) is 0 Å². The second kappa shape index (κ2) is 12.9. The zero-order chi connectivity index (χ0) is 31.4. The van der Waals surface area contributed by atoms with Crippen LogP contribution in [0.3, 0.4) is 0 Å². The molecule has 3 aromatic carbocycles. The molecule has 0 heterocycles. The molecule has 224 valence electrons. The molecule has 1 aliphatic carbocycles. The second-order valence-corrected chi connectivity index (χ2v) is 11.4. The molecule has 1 amide bonds. The fraction of sp³-hybridized carbons (Fsp3) is 0.364. The van der Waals surface area contributed by atoms with E-state index >= 15 is 0 Å². The molecule has 0 aromatic heterocycles. The molecule has 4 rings (SSSR count). The van der Waals surface area contributed by atoms with Crippen LogP contribution in [0, 0.1) is 28.5 Å². The molecule has 0 aliphatic heterocycles. The summed E-state index contributed by atoms with van der Waals surface area (Å²) >= 11 is 0. The summed E-state index contributed by atoms with van der Waals surface area (Å²) in [6.45, 7) is 2.27. The Bertz CT molecular complexity index is 1510. The first-order chi connectivity index (χ1) is 20.3. The average molecular weight is 595 g/mol. The van der Waals surface area contributed by atoms with Crippen LogP contribution in [0.1, 0.15) is 67.3 Å². The topological polar surface area (TPSA) is 88.7 Å². The summed E-state index contributed by atoms with van der Waals surface area (Å²) < 4.78 is 72.1. The van der Waals surface area contributed by atoms with E-state index in [1.165, 1.54) is 29.8 Å². The maximum Gasteiger partial charge on any atom is 0.407 e. The van der Waals surface area contributed by atoms with Gasteiger partial charge in [-0.05, 0) is 72.6 Å². The molecule has 2 N–H and O–H groups in total. The molecule has 5 nitrogen and oxygen atoms in total. The number of carbonyl (C=O) groups excluding carboxylic acids is 1. The lowest BCUT2D eigenvalue weighted by Crippen LogP contribution is -2.53. The highest BCUT2D eigenvalue weighted by molar-refractivity contribution is 5.82. The van der Waals surface area contributed by atoms with Crippen LogP contribution in [-0.4, -0.2) is 29.8 Å². The lowest BCUT2D eigenvalue weighted by Gasteiger charge is -2.30. The summed E-state index contributed by atoms with van der Waals surface area (Å²) in [5.74, 6) is -1.23. The summed E-state index contributed by atoms with van der Waals surface area (Å²) in [4.78, 5) is 13.2. The molecule has 3 atom stereocenters. The normalized spacial score (nSPS) is 15.6. The summed E-state index contributed by atoms with van der Waals surface area (Å²) in [5.41, 5.74) is 0.688. The molecule has 1 aliphatic rings. The summed E-state index contributed by atoms with van der Waals surface area (Å²) in [6.07, 6.45) is -3.46. The molecule has 1 fully saturated rings. The van der Waals surface area contributed by atoms with Crippen molar-refractivity contribution in [1.82, 2.24) is 10.6 Å². The van der Waals surface area contributed by atoms with Crippen molar-refractivity contribution in [3.63, 3.8) is 0 Å². The molecule has 43 heavy (non-hydrogen) atoms. The predicted octanol–water partition coefficient (Wildman–Crippen LogP) is 7.19. The number of benzene rings is 3. The molecule has 0 bridgehead atoms. The average Bonchev–Trinajstić information content (AvgIpc) is 3.80. The van der Waals surface area contributed by atoms with Crippen LogP contribution < -0.4 is 10.6 Å². The third kappa shape index (κ3) is 8.62. The van der Waals surface area contributed by atoms with Gasteiger partial charge >= 0.3 is 6.18 Å². The highest BCUT2D eigenvalue weighted by Crippen LogP contribution is 2.40. The smallest absolute Gasteiger partial charge is 0.339 e. The molecule has 0 spiro atoms. The standard InChI is InChI=1S/C33H31F5N4O/c1-32(2,35)17-29(31(43)41-27(19-40)16-26-4-3-20(18-39)15-28(26)34)42-30(33(36,37)38)25-13-11-24(12-14-25)23-9-7-22(8-10-23)21-5-6-21/h3-4,7-15,21,27,29-30,42H,5-6,16-17H2,1-2H3,(H,41,43)/t27-,29-,30-/m0/s1. The number of rotatable bonds is 11. The number of nitrogens with zero attached hydrogens (tertiary/aromatic N) is 2. The van der Waals surface area contributed by atoms with Gasteiger partial charge < -0.3 is 5.32 Å². The zero-order valence-electron chi connectivity index (χ0n) is 23.7. The Labute approximate surface area is 247 Å². The van der Waals surface area contributed by atoms with Gasteiger partial charge in [-0.25, -0.2) is 8.78 Å². The van der Waals surface area contributed by atoms with Crippen LogP contribution in [0.4, 0.5) is 22.0 Å². The first kappa shape index (κ1) is 31.7. The quantitative estimate of drug-likeness (QED) is 0.230. The Hall–Kier alpha value is -4.28. The number of nitriles is 2. The number of carbonyl (C=O) groups is 1. The van der Waals surface area contributed by atoms with Crippen LogP contribution in [0.25, 0.3) is 11.1 Å². The van der Waals surface area contributed by atoms with Gasteiger partial charge in [0.1, 0.15) is 23.6 Å². The third-order valence-electron chi connectivity index (χ3n) is 7.32. The Kier molecular flexibility index (Phi) is 9.52. The van der Waals surface area contributed by atoms with E-state index < -0.39 is 48.1 Å². The number of hydrogen-bond donors (Lipinski definition) is 2. The fourth-order valence-electron chi connectivity index (χ4n) is 4.93.